The van der Waals surface area contributed by atoms with Gasteiger partial charge in [0.15, 0.2) is 0 Å². The third-order valence-corrected chi connectivity index (χ3v) is 6.40. The number of aliphatic hydroxyl groups excluding tert-OH is 2. The Morgan fingerprint density at radius 3 is 1.44 bits per heavy atom. The van der Waals surface area contributed by atoms with Crippen molar-refractivity contribution in [3.8, 4) is 11.5 Å². The first kappa shape index (κ1) is 26.2. The van der Waals surface area contributed by atoms with Crippen molar-refractivity contribution in [2.45, 2.75) is 79.1 Å². The SMILES string of the molecule is CCCCCCC(C)(c1cc(C)c(OCCO)c(C)c1)c1cc(C)c(OCCO)c(C)c1. The lowest BCUT2D eigenvalue weighted by Crippen LogP contribution is -2.25. The molecule has 0 heterocycles. The first-order chi connectivity index (χ1) is 15.3. The van der Waals surface area contributed by atoms with Gasteiger partial charge in [-0.1, -0.05) is 63.8 Å². The molecule has 0 aliphatic heterocycles. The maximum atomic E-state index is 9.16. The van der Waals surface area contributed by atoms with Crippen LogP contribution in [-0.2, 0) is 5.41 Å². The highest BCUT2D eigenvalue weighted by atomic mass is 16.5. The fourth-order valence-electron chi connectivity index (χ4n) is 4.65. The summed E-state index contributed by atoms with van der Waals surface area (Å²) in [5.74, 6) is 1.74. The number of aryl methyl sites for hydroxylation is 4. The highest BCUT2D eigenvalue weighted by Crippen LogP contribution is 2.42. The van der Waals surface area contributed by atoms with E-state index in [4.69, 9.17) is 19.7 Å². The van der Waals surface area contributed by atoms with Crippen LogP contribution in [0.1, 0.15) is 79.3 Å². The predicted octanol–water partition coefficient (Wildman–Crippen LogP) is 5.94. The predicted molar refractivity (Wildman–Crippen MR) is 132 cm³/mol. The molecule has 2 N–H and O–H groups in total. The number of rotatable bonds is 13. The Kier molecular flexibility index (Phi) is 10.0. The minimum atomic E-state index is -0.135. The second-order valence-electron chi connectivity index (χ2n) is 9.17. The summed E-state index contributed by atoms with van der Waals surface area (Å²) in [4.78, 5) is 0. The van der Waals surface area contributed by atoms with Crippen LogP contribution in [0.2, 0.25) is 0 Å². The van der Waals surface area contributed by atoms with Crippen LogP contribution in [0.5, 0.6) is 11.5 Å². The van der Waals surface area contributed by atoms with Crippen molar-refractivity contribution in [3.05, 3.63) is 57.6 Å². The smallest absolute Gasteiger partial charge is 0.125 e. The summed E-state index contributed by atoms with van der Waals surface area (Å²) in [6.07, 6.45) is 5.96. The Morgan fingerprint density at radius 1 is 0.688 bits per heavy atom. The fourth-order valence-corrected chi connectivity index (χ4v) is 4.65. The van der Waals surface area contributed by atoms with Crippen molar-refractivity contribution in [2.24, 2.45) is 0 Å². The van der Waals surface area contributed by atoms with Crippen molar-refractivity contribution >= 4 is 0 Å². The molecule has 0 aliphatic carbocycles. The molecule has 0 saturated heterocycles. The number of hydrogen-bond acceptors (Lipinski definition) is 4. The van der Waals surface area contributed by atoms with Crippen LogP contribution in [0.15, 0.2) is 24.3 Å². The second kappa shape index (κ2) is 12.3. The third-order valence-electron chi connectivity index (χ3n) is 6.40. The van der Waals surface area contributed by atoms with E-state index in [2.05, 4.69) is 65.8 Å². The van der Waals surface area contributed by atoms with Gasteiger partial charge in [0, 0.05) is 5.41 Å². The van der Waals surface area contributed by atoms with E-state index in [0.29, 0.717) is 13.2 Å². The Balaban J connectivity index is 2.52. The van der Waals surface area contributed by atoms with Gasteiger partial charge < -0.3 is 19.7 Å². The first-order valence-electron chi connectivity index (χ1n) is 12.0. The van der Waals surface area contributed by atoms with Crippen LogP contribution in [0.3, 0.4) is 0 Å². The third kappa shape index (κ3) is 6.26. The summed E-state index contributed by atoms with van der Waals surface area (Å²) in [5.41, 5.74) is 6.86. The van der Waals surface area contributed by atoms with Crippen LogP contribution in [0, 0.1) is 27.7 Å². The average Bonchev–Trinajstić information content (AvgIpc) is 2.75. The summed E-state index contributed by atoms with van der Waals surface area (Å²) in [6.45, 7) is 13.6. The maximum Gasteiger partial charge on any atom is 0.125 e. The highest BCUT2D eigenvalue weighted by Gasteiger charge is 2.31. The van der Waals surface area contributed by atoms with Gasteiger partial charge in [0.1, 0.15) is 24.7 Å². The van der Waals surface area contributed by atoms with Gasteiger partial charge in [0.25, 0.3) is 0 Å². The van der Waals surface area contributed by atoms with Gasteiger partial charge in [-0.05, 0) is 67.5 Å². The van der Waals surface area contributed by atoms with E-state index in [1.165, 1.54) is 36.8 Å². The summed E-state index contributed by atoms with van der Waals surface area (Å²) in [6, 6.07) is 9.00. The van der Waals surface area contributed by atoms with Crippen LogP contribution < -0.4 is 9.47 Å². The van der Waals surface area contributed by atoms with Crippen molar-refractivity contribution in [1.82, 2.24) is 0 Å². The normalized spacial score (nSPS) is 11.6. The summed E-state index contributed by atoms with van der Waals surface area (Å²) < 4.78 is 11.6. The molecule has 32 heavy (non-hydrogen) atoms. The lowest BCUT2D eigenvalue weighted by Gasteiger charge is -2.33. The van der Waals surface area contributed by atoms with Crippen molar-refractivity contribution in [2.75, 3.05) is 26.4 Å². The van der Waals surface area contributed by atoms with Crippen LogP contribution in [0.25, 0.3) is 0 Å². The second-order valence-corrected chi connectivity index (χ2v) is 9.17. The van der Waals surface area contributed by atoms with E-state index >= 15 is 0 Å². The standard InChI is InChI=1S/C28H42O4/c1-7-8-9-10-11-28(6,24-16-20(2)26(21(3)17-24)31-14-12-29)25-18-22(4)27(23(5)19-25)32-15-13-30/h16-19,29-30H,7-15H2,1-6H3. The topological polar surface area (TPSA) is 58.9 Å². The zero-order chi connectivity index (χ0) is 23.7. The lowest BCUT2D eigenvalue weighted by atomic mass is 9.71. The van der Waals surface area contributed by atoms with Crippen LogP contribution >= 0.6 is 0 Å². The molecule has 2 aromatic carbocycles. The Morgan fingerprint density at radius 2 is 1.09 bits per heavy atom. The maximum absolute atomic E-state index is 9.16. The summed E-state index contributed by atoms with van der Waals surface area (Å²) in [7, 11) is 0. The summed E-state index contributed by atoms with van der Waals surface area (Å²) in [5, 5.41) is 18.3. The Bertz CT molecular complexity index is 762. The minimum Gasteiger partial charge on any atom is -0.491 e. The number of ether oxygens (including phenoxy) is 2. The molecular weight excluding hydrogens is 400 g/mol. The number of benzene rings is 2. The molecular formula is C28H42O4. The highest BCUT2D eigenvalue weighted by molar-refractivity contribution is 5.52. The molecule has 0 bridgehead atoms. The number of hydrogen-bond donors (Lipinski definition) is 2. The zero-order valence-corrected chi connectivity index (χ0v) is 20.9. The van der Waals surface area contributed by atoms with Crippen LogP contribution in [-0.4, -0.2) is 36.6 Å². The molecule has 0 atom stereocenters. The fraction of sp³-hybridized carbons (Fsp3) is 0.571. The van der Waals surface area contributed by atoms with Gasteiger partial charge >= 0.3 is 0 Å². The van der Waals surface area contributed by atoms with Crippen molar-refractivity contribution in [1.29, 1.82) is 0 Å². The van der Waals surface area contributed by atoms with E-state index in [0.717, 1.165) is 40.2 Å². The van der Waals surface area contributed by atoms with E-state index in [9.17, 15) is 0 Å². The molecule has 0 aromatic heterocycles. The van der Waals surface area contributed by atoms with E-state index in [1.807, 2.05) is 0 Å². The molecule has 178 valence electrons. The van der Waals surface area contributed by atoms with E-state index in [-0.39, 0.29) is 18.6 Å². The molecule has 0 aliphatic rings. The van der Waals surface area contributed by atoms with E-state index < -0.39 is 0 Å². The van der Waals surface area contributed by atoms with Gasteiger partial charge in [-0.15, -0.1) is 0 Å². The van der Waals surface area contributed by atoms with Crippen LogP contribution in [0.4, 0.5) is 0 Å². The molecule has 2 rings (SSSR count). The number of unbranched alkanes of at least 4 members (excludes halogenated alkanes) is 3. The molecule has 4 nitrogen and oxygen atoms in total. The molecule has 0 spiro atoms. The molecule has 2 aromatic rings. The molecule has 0 radical (unpaired) electrons. The first-order valence-corrected chi connectivity index (χ1v) is 12.0. The lowest BCUT2D eigenvalue weighted by molar-refractivity contribution is 0.200. The van der Waals surface area contributed by atoms with E-state index in [1.54, 1.807) is 0 Å². The molecule has 0 fully saturated rings. The molecule has 0 amide bonds. The molecule has 0 unspecified atom stereocenters. The minimum absolute atomic E-state index is 0.0129. The molecule has 4 heteroatoms. The summed E-state index contributed by atoms with van der Waals surface area (Å²) >= 11 is 0. The van der Waals surface area contributed by atoms with Gasteiger partial charge in [-0.2, -0.15) is 0 Å². The average molecular weight is 443 g/mol. The van der Waals surface area contributed by atoms with Crippen molar-refractivity contribution in [3.63, 3.8) is 0 Å². The van der Waals surface area contributed by atoms with Gasteiger partial charge in [0.05, 0.1) is 13.2 Å². The molecule has 0 saturated carbocycles. The van der Waals surface area contributed by atoms with Gasteiger partial charge in [-0.3, -0.25) is 0 Å². The quantitative estimate of drug-likeness (QED) is 0.377. The zero-order valence-electron chi connectivity index (χ0n) is 20.9. The van der Waals surface area contributed by atoms with Crippen molar-refractivity contribution < 1.29 is 19.7 Å². The largest absolute Gasteiger partial charge is 0.491 e. The van der Waals surface area contributed by atoms with Gasteiger partial charge in [-0.25, -0.2) is 0 Å². The Hall–Kier alpha value is -2.04. The van der Waals surface area contributed by atoms with Gasteiger partial charge in [0.2, 0.25) is 0 Å². The monoisotopic (exact) mass is 442 g/mol. The number of aliphatic hydroxyl groups is 2. The Labute approximate surface area is 194 Å².